The Morgan fingerprint density at radius 1 is 0.930 bits per heavy atom. The summed E-state index contributed by atoms with van der Waals surface area (Å²) in [6, 6.07) is 12.7. The highest BCUT2D eigenvalue weighted by Crippen LogP contribution is 2.23. The van der Waals surface area contributed by atoms with Gasteiger partial charge < -0.3 is 31.1 Å². The second kappa shape index (κ2) is 14.6. The van der Waals surface area contributed by atoms with Gasteiger partial charge in [0.25, 0.3) is 0 Å². The SMILES string of the molecule is CC(C)C[C@H](NC(=O)[C@H](Cc1ccccc1)NC(=O)CNC(=O)CN1C(=O)C(Cc2ccc(O)cc2)NC1(C)C)C(=O)O. The van der Waals surface area contributed by atoms with E-state index in [-0.39, 0.29) is 37.0 Å². The minimum Gasteiger partial charge on any atom is -0.508 e. The molecule has 4 amide bonds. The fourth-order valence-corrected chi connectivity index (χ4v) is 4.96. The number of carboxylic acid groups (broad SMARTS) is 1. The largest absolute Gasteiger partial charge is 0.508 e. The lowest BCUT2D eigenvalue weighted by Crippen LogP contribution is -2.55. The number of carbonyl (C=O) groups is 5. The van der Waals surface area contributed by atoms with Gasteiger partial charge in [0.1, 0.15) is 24.4 Å². The summed E-state index contributed by atoms with van der Waals surface area (Å²) in [4.78, 5) is 64.9. The lowest BCUT2D eigenvalue weighted by atomic mass is 10.0. The molecule has 2 aromatic carbocycles. The third-order valence-corrected chi connectivity index (χ3v) is 7.15. The van der Waals surface area contributed by atoms with Crippen LogP contribution >= 0.6 is 0 Å². The standard InChI is InChI=1S/C31H41N5O7/c1-19(2)14-25(30(42)43)34-28(40)23(15-20-8-6-5-7-9-20)33-26(38)17-32-27(39)18-36-29(41)24(35-31(36,3)4)16-21-10-12-22(37)13-11-21/h5-13,19,23-25,35,37H,14-18H2,1-4H3,(H,32,39)(H,33,38)(H,34,40)(H,42,43)/t23-,24?,25-/m0/s1. The van der Waals surface area contributed by atoms with Crippen LogP contribution in [0.2, 0.25) is 0 Å². The van der Waals surface area contributed by atoms with Gasteiger partial charge in [0.05, 0.1) is 18.2 Å². The Kier molecular flexibility index (Phi) is 11.2. The van der Waals surface area contributed by atoms with Crippen molar-refractivity contribution in [2.45, 2.75) is 70.7 Å². The van der Waals surface area contributed by atoms with Gasteiger partial charge in [-0.1, -0.05) is 56.3 Å². The number of nitrogens with zero attached hydrogens (tertiary/aromatic N) is 1. The second-order valence-corrected chi connectivity index (χ2v) is 11.7. The lowest BCUT2D eigenvalue weighted by molar-refractivity contribution is -0.142. The molecule has 12 nitrogen and oxygen atoms in total. The molecular formula is C31H41N5O7. The molecule has 1 aliphatic heterocycles. The van der Waals surface area contributed by atoms with E-state index in [1.54, 1.807) is 62.4 Å². The van der Waals surface area contributed by atoms with Gasteiger partial charge in [-0.2, -0.15) is 0 Å². The van der Waals surface area contributed by atoms with E-state index in [2.05, 4.69) is 21.3 Å². The third-order valence-electron chi connectivity index (χ3n) is 7.15. The van der Waals surface area contributed by atoms with Crippen molar-refractivity contribution in [3.8, 4) is 5.75 Å². The molecular weight excluding hydrogens is 554 g/mol. The average Bonchev–Trinajstić information content (AvgIpc) is 3.15. The molecule has 1 unspecified atom stereocenters. The van der Waals surface area contributed by atoms with E-state index in [9.17, 15) is 34.2 Å². The zero-order valence-electron chi connectivity index (χ0n) is 24.9. The molecule has 1 saturated heterocycles. The van der Waals surface area contributed by atoms with E-state index < -0.39 is 54.0 Å². The van der Waals surface area contributed by atoms with Crippen molar-refractivity contribution in [2.75, 3.05) is 13.1 Å². The first-order valence-corrected chi connectivity index (χ1v) is 14.3. The summed E-state index contributed by atoms with van der Waals surface area (Å²) in [7, 11) is 0. The quantitative estimate of drug-likeness (QED) is 0.187. The topological polar surface area (TPSA) is 177 Å². The van der Waals surface area contributed by atoms with Crippen molar-refractivity contribution >= 4 is 29.6 Å². The highest BCUT2D eigenvalue weighted by molar-refractivity contribution is 5.93. The zero-order valence-corrected chi connectivity index (χ0v) is 24.9. The van der Waals surface area contributed by atoms with Crippen molar-refractivity contribution < 1.29 is 34.2 Å². The van der Waals surface area contributed by atoms with Gasteiger partial charge in [-0.3, -0.25) is 24.5 Å². The maximum atomic E-state index is 13.1. The first-order valence-electron chi connectivity index (χ1n) is 14.3. The predicted molar refractivity (Wildman–Crippen MR) is 159 cm³/mol. The number of hydrogen-bond acceptors (Lipinski definition) is 7. The summed E-state index contributed by atoms with van der Waals surface area (Å²) in [6.45, 7) is 6.50. The molecule has 43 heavy (non-hydrogen) atoms. The number of nitrogens with one attached hydrogen (secondary N) is 4. The molecule has 0 saturated carbocycles. The first kappa shape index (κ1) is 33.1. The molecule has 232 valence electrons. The van der Waals surface area contributed by atoms with Gasteiger partial charge in [0.15, 0.2) is 0 Å². The van der Waals surface area contributed by atoms with Crippen LogP contribution in [0.25, 0.3) is 0 Å². The van der Waals surface area contributed by atoms with Crippen molar-refractivity contribution in [1.29, 1.82) is 0 Å². The molecule has 0 bridgehead atoms. The zero-order chi connectivity index (χ0) is 31.7. The van der Waals surface area contributed by atoms with E-state index in [4.69, 9.17) is 0 Å². The first-order chi connectivity index (χ1) is 20.2. The van der Waals surface area contributed by atoms with Crippen LogP contribution < -0.4 is 21.3 Å². The summed E-state index contributed by atoms with van der Waals surface area (Å²) >= 11 is 0. The van der Waals surface area contributed by atoms with E-state index in [0.717, 1.165) is 11.1 Å². The highest BCUT2D eigenvalue weighted by Gasteiger charge is 2.44. The van der Waals surface area contributed by atoms with Crippen LogP contribution in [-0.4, -0.2) is 81.6 Å². The fraction of sp³-hybridized carbons (Fsp3) is 0.452. The monoisotopic (exact) mass is 595 g/mol. The van der Waals surface area contributed by atoms with Gasteiger partial charge in [-0.05, 0) is 55.9 Å². The van der Waals surface area contributed by atoms with Crippen LogP contribution in [0.3, 0.4) is 0 Å². The van der Waals surface area contributed by atoms with Crippen LogP contribution in [0, 0.1) is 5.92 Å². The van der Waals surface area contributed by atoms with Crippen LogP contribution in [0.15, 0.2) is 54.6 Å². The molecule has 3 atom stereocenters. The smallest absolute Gasteiger partial charge is 0.326 e. The molecule has 0 spiro atoms. The summed E-state index contributed by atoms with van der Waals surface area (Å²) in [5.74, 6) is -3.15. The molecule has 1 heterocycles. The normalized spacial score (nSPS) is 17.3. The summed E-state index contributed by atoms with van der Waals surface area (Å²) in [5.41, 5.74) is 0.774. The Bertz CT molecular complexity index is 1300. The predicted octanol–water partition coefficient (Wildman–Crippen LogP) is 0.930. The van der Waals surface area contributed by atoms with Crippen molar-refractivity contribution in [1.82, 2.24) is 26.2 Å². The van der Waals surface area contributed by atoms with E-state index in [1.807, 2.05) is 19.9 Å². The minimum absolute atomic E-state index is 0.0181. The van der Waals surface area contributed by atoms with Gasteiger partial charge in [-0.25, -0.2) is 4.79 Å². The Balaban J connectivity index is 1.59. The Hall–Kier alpha value is -4.45. The maximum absolute atomic E-state index is 13.1. The van der Waals surface area contributed by atoms with Crippen LogP contribution in [-0.2, 0) is 36.8 Å². The van der Waals surface area contributed by atoms with E-state index in [0.29, 0.717) is 6.42 Å². The molecule has 2 aromatic rings. The molecule has 0 aromatic heterocycles. The fourth-order valence-electron chi connectivity index (χ4n) is 4.96. The Labute approximate surface area is 251 Å². The van der Waals surface area contributed by atoms with Crippen molar-refractivity contribution in [2.24, 2.45) is 5.92 Å². The average molecular weight is 596 g/mol. The molecule has 3 rings (SSSR count). The summed E-state index contributed by atoms with van der Waals surface area (Å²) in [5, 5.41) is 29.9. The number of aliphatic carboxylic acids is 1. The Morgan fingerprint density at radius 2 is 1.58 bits per heavy atom. The van der Waals surface area contributed by atoms with Crippen LogP contribution in [0.4, 0.5) is 0 Å². The number of carbonyl (C=O) groups excluding carboxylic acids is 4. The lowest BCUT2D eigenvalue weighted by Gasteiger charge is -2.30. The molecule has 0 aliphatic carbocycles. The number of carboxylic acids is 1. The molecule has 1 fully saturated rings. The molecule has 12 heteroatoms. The van der Waals surface area contributed by atoms with Gasteiger partial charge in [0, 0.05) is 6.42 Å². The number of phenols is 1. The minimum atomic E-state index is -1.17. The van der Waals surface area contributed by atoms with E-state index in [1.165, 1.54) is 4.90 Å². The van der Waals surface area contributed by atoms with Gasteiger partial charge in [-0.15, -0.1) is 0 Å². The van der Waals surface area contributed by atoms with Crippen LogP contribution in [0.1, 0.15) is 45.2 Å². The number of hydrogen-bond donors (Lipinski definition) is 6. The second-order valence-electron chi connectivity index (χ2n) is 11.7. The number of aromatic hydroxyl groups is 1. The number of amides is 4. The molecule has 6 N–H and O–H groups in total. The number of benzene rings is 2. The number of phenolic OH excluding ortho intramolecular Hbond substituents is 1. The molecule has 1 aliphatic rings. The van der Waals surface area contributed by atoms with Crippen molar-refractivity contribution in [3.63, 3.8) is 0 Å². The third kappa shape index (κ3) is 9.81. The molecule has 0 radical (unpaired) electrons. The van der Waals surface area contributed by atoms with Crippen LogP contribution in [0.5, 0.6) is 5.75 Å². The number of rotatable bonds is 14. The summed E-state index contributed by atoms with van der Waals surface area (Å²) in [6.07, 6.45) is 0.706. The van der Waals surface area contributed by atoms with E-state index >= 15 is 0 Å². The highest BCUT2D eigenvalue weighted by atomic mass is 16.4. The summed E-state index contributed by atoms with van der Waals surface area (Å²) < 4.78 is 0. The maximum Gasteiger partial charge on any atom is 0.326 e. The van der Waals surface area contributed by atoms with Gasteiger partial charge >= 0.3 is 5.97 Å². The van der Waals surface area contributed by atoms with Crippen molar-refractivity contribution in [3.05, 3.63) is 65.7 Å². The Morgan fingerprint density at radius 3 is 2.19 bits per heavy atom. The van der Waals surface area contributed by atoms with Gasteiger partial charge in [0.2, 0.25) is 23.6 Å².